The van der Waals surface area contributed by atoms with E-state index in [0.717, 1.165) is 0 Å². The molecule has 0 spiro atoms. The van der Waals surface area contributed by atoms with Gasteiger partial charge >= 0.3 is 6.09 Å². The van der Waals surface area contributed by atoms with E-state index in [-0.39, 0.29) is 16.9 Å². The van der Waals surface area contributed by atoms with E-state index in [0.29, 0.717) is 19.7 Å². The molecule has 128 valence electrons. The molecule has 4 nitrogen and oxygen atoms in total. The van der Waals surface area contributed by atoms with Crippen molar-refractivity contribution in [1.82, 2.24) is 4.90 Å². The van der Waals surface area contributed by atoms with Crippen molar-refractivity contribution in [1.29, 1.82) is 0 Å². The molecule has 0 radical (unpaired) electrons. The molecule has 1 amide bonds. The molecule has 0 aromatic heterocycles. The van der Waals surface area contributed by atoms with Gasteiger partial charge in [0.2, 0.25) is 0 Å². The molecule has 1 heterocycles. The zero-order chi connectivity index (χ0) is 17.3. The lowest BCUT2D eigenvalue weighted by Crippen LogP contribution is -2.42. The Bertz CT molecular complexity index is 539. The van der Waals surface area contributed by atoms with E-state index in [1.54, 1.807) is 0 Å². The van der Waals surface area contributed by atoms with E-state index in [1.165, 1.54) is 10.5 Å². The molecule has 2 rings (SSSR count). The fourth-order valence-corrected chi connectivity index (χ4v) is 3.87. The van der Waals surface area contributed by atoms with Crippen LogP contribution in [-0.4, -0.2) is 44.1 Å². The fourth-order valence-electron chi connectivity index (χ4n) is 2.81. The van der Waals surface area contributed by atoms with E-state index >= 15 is 0 Å². The third-order valence-electron chi connectivity index (χ3n) is 5.40. The Morgan fingerprint density at radius 1 is 1.26 bits per heavy atom. The molecule has 1 aromatic rings. The molecule has 0 aliphatic carbocycles. The number of benzene rings is 1. The van der Waals surface area contributed by atoms with E-state index in [1.807, 2.05) is 18.2 Å². The molecule has 5 heteroatoms. The molecule has 1 aliphatic heterocycles. The van der Waals surface area contributed by atoms with Gasteiger partial charge < -0.3 is 14.4 Å². The second-order valence-electron chi connectivity index (χ2n) is 8.04. The average Bonchev–Trinajstić information content (AvgIpc) is 2.89. The second kappa shape index (κ2) is 6.65. The quantitative estimate of drug-likeness (QED) is 0.830. The van der Waals surface area contributed by atoms with Crippen molar-refractivity contribution in [3.05, 3.63) is 35.9 Å². The van der Waals surface area contributed by atoms with Gasteiger partial charge in [-0.2, -0.15) is 0 Å². The topological polar surface area (TPSA) is 49.8 Å². The summed E-state index contributed by atoms with van der Waals surface area (Å²) in [7, 11) is -1.82. The fraction of sp³-hybridized carbons (Fsp3) is 0.611. The van der Waals surface area contributed by atoms with E-state index < -0.39 is 14.4 Å². The first kappa shape index (κ1) is 18.0. The molecule has 0 unspecified atom stereocenters. The van der Waals surface area contributed by atoms with E-state index in [2.05, 4.69) is 46.0 Å². The zero-order valence-corrected chi connectivity index (χ0v) is 15.9. The predicted molar refractivity (Wildman–Crippen MR) is 95.4 cm³/mol. The maximum atomic E-state index is 11.4. The highest BCUT2D eigenvalue weighted by atomic mass is 28.4. The summed E-state index contributed by atoms with van der Waals surface area (Å²) in [5.41, 5.74) is 1.21. The van der Waals surface area contributed by atoms with Crippen LogP contribution < -0.4 is 0 Å². The normalized spacial score (nSPS) is 22.4. The molecule has 1 fully saturated rings. The molecule has 1 saturated heterocycles. The Labute approximate surface area is 140 Å². The molecule has 23 heavy (non-hydrogen) atoms. The van der Waals surface area contributed by atoms with Crippen molar-refractivity contribution in [3.8, 4) is 0 Å². The number of nitrogens with zero attached hydrogens (tertiary/aromatic N) is 1. The lowest BCUT2D eigenvalue weighted by Gasteiger charge is -2.37. The molecular formula is C18H29NO3Si. The summed E-state index contributed by atoms with van der Waals surface area (Å²) >= 11 is 0. The highest BCUT2D eigenvalue weighted by molar-refractivity contribution is 6.74. The van der Waals surface area contributed by atoms with Gasteiger partial charge in [-0.05, 0) is 23.7 Å². The first-order valence-electron chi connectivity index (χ1n) is 8.28. The van der Waals surface area contributed by atoms with Crippen LogP contribution >= 0.6 is 0 Å². The smallest absolute Gasteiger partial charge is 0.407 e. The number of carbonyl (C=O) groups is 1. The Morgan fingerprint density at radius 2 is 1.87 bits per heavy atom. The monoisotopic (exact) mass is 335 g/mol. The summed E-state index contributed by atoms with van der Waals surface area (Å²) in [6.07, 6.45) is -0.833. The molecule has 0 bridgehead atoms. The van der Waals surface area contributed by atoms with Crippen molar-refractivity contribution in [2.45, 2.75) is 44.8 Å². The average molecular weight is 336 g/mol. The SMILES string of the molecule is CC(C)(C)[Si](C)(C)OC[C@@H]1CN(C(=O)O)C[C@H]1c1ccccc1. The number of hydrogen-bond acceptors (Lipinski definition) is 2. The Kier molecular flexibility index (Phi) is 5.21. The Balaban J connectivity index is 2.12. The maximum Gasteiger partial charge on any atom is 0.407 e. The summed E-state index contributed by atoms with van der Waals surface area (Å²) in [6, 6.07) is 10.2. The summed E-state index contributed by atoms with van der Waals surface area (Å²) in [4.78, 5) is 12.9. The van der Waals surface area contributed by atoms with Crippen molar-refractivity contribution in [2.75, 3.05) is 19.7 Å². The van der Waals surface area contributed by atoms with Gasteiger partial charge in [-0.3, -0.25) is 0 Å². The largest absolute Gasteiger partial charge is 0.465 e. The van der Waals surface area contributed by atoms with Gasteiger partial charge in [0.1, 0.15) is 0 Å². The Hall–Kier alpha value is -1.33. The standard InChI is InChI=1S/C18H29NO3Si/c1-18(2,3)23(4,5)22-13-15-11-19(17(20)21)12-16(15)14-9-7-6-8-10-14/h6-10,15-16H,11-13H2,1-5H3,(H,20,21)/t15-,16-/m0/s1. The van der Waals surface area contributed by atoms with E-state index in [4.69, 9.17) is 4.43 Å². The minimum absolute atomic E-state index is 0.167. The minimum atomic E-state index is -1.82. The number of rotatable bonds is 4. The van der Waals surface area contributed by atoms with E-state index in [9.17, 15) is 9.90 Å². The van der Waals surface area contributed by atoms with Gasteiger partial charge in [-0.25, -0.2) is 4.79 Å². The maximum absolute atomic E-state index is 11.4. The molecule has 0 saturated carbocycles. The van der Waals surface area contributed by atoms with Crippen molar-refractivity contribution in [2.24, 2.45) is 5.92 Å². The third-order valence-corrected chi connectivity index (χ3v) is 9.90. The summed E-state index contributed by atoms with van der Waals surface area (Å²) in [5.74, 6) is 0.444. The number of amides is 1. The lowest BCUT2D eigenvalue weighted by molar-refractivity contribution is 0.151. The summed E-state index contributed by atoms with van der Waals surface area (Å²) in [5, 5.41) is 9.51. The summed E-state index contributed by atoms with van der Waals surface area (Å²) < 4.78 is 6.38. The lowest BCUT2D eigenvalue weighted by atomic mass is 9.90. The molecule has 1 aliphatic rings. The molecule has 2 atom stereocenters. The van der Waals surface area contributed by atoms with Crippen LogP contribution in [0, 0.1) is 5.92 Å². The van der Waals surface area contributed by atoms with Crippen LogP contribution in [0.1, 0.15) is 32.3 Å². The van der Waals surface area contributed by atoms with Crippen molar-refractivity contribution < 1.29 is 14.3 Å². The summed E-state index contributed by atoms with van der Waals surface area (Å²) in [6.45, 7) is 12.9. The van der Waals surface area contributed by atoms with Gasteiger partial charge in [0.25, 0.3) is 0 Å². The van der Waals surface area contributed by atoms with Gasteiger partial charge in [-0.1, -0.05) is 51.1 Å². The van der Waals surface area contributed by atoms with Crippen LogP contribution in [0.25, 0.3) is 0 Å². The number of hydrogen-bond donors (Lipinski definition) is 1. The van der Waals surface area contributed by atoms with Crippen molar-refractivity contribution in [3.63, 3.8) is 0 Å². The van der Waals surface area contributed by atoms with Crippen LogP contribution in [0.3, 0.4) is 0 Å². The number of likely N-dealkylation sites (tertiary alicyclic amines) is 1. The molecular weight excluding hydrogens is 306 g/mol. The van der Waals surface area contributed by atoms with Crippen LogP contribution in [-0.2, 0) is 4.43 Å². The first-order chi connectivity index (χ1) is 10.6. The van der Waals surface area contributed by atoms with Crippen LogP contribution in [0.15, 0.2) is 30.3 Å². The van der Waals surface area contributed by atoms with Gasteiger partial charge in [-0.15, -0.1) is 0 Å². The van der Waals surface area contributed by atoms with Crippen LogP contribution in [0.2, 0.25) is 18.1 Å². The van der Waals surface area contributed by atoms with Crippen molar-refractivity contribution >= 4 is 14.4 Å². The zero-order valence-electron chi connectivity index (χ0n) is 14.9. The van der Waals surface area contributed by atoms with Crippen LogP contribution in [0.4, 0.5) is 4.79 Å². The molecule has 1 aromatic carbocycles. The minimum Gasteiger partial charge on any atom is -0.465 e. The molecule has 1 N–H and O–H groups in total. The Morgan fingerprint density at radius 3 is 2.39 bits per heavy atom. The van der Waals surface area contributed by atoms with Gasteiger partial charge in [0.05, 0.1) is 0 Å². The number of carboxylic acid groups (broad SMARTS) is 1. The van der Waals surface area contributed by atoms with Gasteiger partial charge in [0, 0.05) is 31.5 Å². The van der Waals surface area contributed by atoms with Gasteiger partial charge in [0.15, 0.2) is 8.32 Å². The highest BCUT2D eigenvalue weighted by Gasteiger charge is 2.41. The van der Waals surface area contributed by atoms with Crippen LogP contribution in [0.5, 0.6) is 0 Å². The predicted octanol–water partition coefficient (Wildman–Crippen LogP) is 4.40. The third kappa shape index (κ3) is 4.15. The second-order valence-corrected chi connectivity index (χ2v) is 12.8. The highest BCUT2D eigenvalue weighted by Crippen LogP contribution is 2.39. The first-order valence-corrected chi connectivity index (χ1v) is 11.2.